The Kier molecular flexibility index (Phi) is 3.82. The summed E-state index contributed by atoms with van der Waals surface area (Å²) in [5.41, 5.74) is 0.976. The van der Waals surface area contributed by atoms with Crippen molar-refractivity contribution in [2.75, 3.05) is 6.61 Å². The molecule has 96 valence electrons. The summed E-state index contributed by atoms with van der Waals surface area (Å²) in [7, 11) is 0. The standard InChI is InChI=1S/C13H15NO4/c15-12(6-3-7-13(16)17)14-10-8-18-11-5-2-1-4-9(10)11/h1-2,4-5,10H,3,6-8H2,(H,14,15)(H,16,17). The van der Waals surface area contributed by atoms with Gasteiger partial charge in [0.15, 0.2) is 0 Å². The second kappa shape index (κ2) is 5.53. The molecule has 0 saturated carbocycles. The van der Waals surface area contributed by atoms with Crippen LogP contribution in [0, 0.1) is 0 Å². The van der Waals surface area contributed by atoms with E-state index in [0.29, 0.717) is 13.0 Å². The molecule has 0 fully saturated rings. The zero-order valence-electron chi connectivity index (χ0n) is 9.89. The van der Waals surface area contributed by atoms with Crippen LogP contribution in [0.1, 0.15) is 30.9 Å². The van der Waals surface area contributed by atoms with E-state index in [0.717, 1.165) is 11.3 Å². The summed E-state index contributed by atoms with van der Waals surface area (Å²) in [6, 6.07) is 7.45. The first-order chi connectivity index (χ1) is 8.66. The predicted octanol–water partition coefficient (Wildman–Crippen LogP) is 1.49. The number of carboxylic acids is 1. The van der Waals surface area contributed by atoms with Gasteiger partial charge >= 0.3 is 5.97 Å². The lowest BCUT2D eigenvalue weighted by Crippen LogP contribution is -2.29. The van der Waals surface area contributed by atoms with E-state index in [4.69, 9.17) is 9.84 Å². The Morgan fingerprint density at radius 1 is 1.33 bits per heavy atom. The van der Waals surface area contributed by atoms with Gasteiger partial charge in [-0.05, 0) is 12.5 Å². The molecule has 2 N–H and O–H groups in total. The van der Waals surface area contributed by atoms with Crippen molar-refractivity contribution in [1.29, 1.82) is 0 Å². The van der Waals surface area contributed by atoms with E-state index in [1.165, 1.54) is 0 Å². The monoisotopic (exact) mass is 249 g/mol. The molecule has 0 spiro atoms. The highest BCUT2D eigenvalue weighted by Gasteiger charge is 2.24. The number of ether oxygens (including phenoxy) is 1. The number of hydrogen-bond donors (Lipinski definition) is 2. The van der Waals surface area contributed by atoms with Crippen LogP contribution >= 0.6 is 0 Å². The normalized spacial score (nSPS) is 16.8. The van der Waals surface area contributed by atoms with E-state index < -0.39 is 5.97 Å². The molecule has 1 atom stereocenters. The molecule has 0 aliphatic carbocycles. The van der Waals surface area contributed by atoms with Crippen molar-refractivity contribution in [1.82, 2.24) is 5.32 Å². The molecule has 1 aliphatic heterocycles. The molecule has 0 aromatic heterocycles. The molecule has 2 rings (SSSR count). The first kappa shape index (κ1) is 12.4. The Labute approximate surface area is 105 Å². The molecular formula is C13H15NO4. The third-order valence-corrected chi connectivity index (χ3v) is 2.83. The summed E-state index contributed by atoms with van der Waals surface area (Å²) in [5, 5.41) is 11.3. The van der Waals surface area contributed by atoms with Gasteiger partial charge in [-0.15, -0.1) is 0 Å². The molecule has 1 aromatic rings. The highest BCUT2D eigenvalue weighted by atomic mass is 16.5. The molecule has 1 aliphatic rings. The fourth-order valence-corrected chi connectivity index (χ4v) is 1.95. The molecule has 18 heavy (non-hydrogen) atoms. The van der Waals surface area contributed by atoms with Gasteiger partial charge in [0.2, 0.25) is 5.91 Å². The van der Waals surface area contributed by atoms with Crippen molar-refractivity contribution in [2.45, 2.75) is 25.3 Å². The van der Waals surface area contributed by atoms with Crippen molar-refractivity contribution < 1.29 is 19.4 Å². The van der Waals surface area contributed by atoms with Crippen LogP contribution in [-0.4, -0.2) is 23.6 Å². The quantitative estimate of drug-likeness (QED) is 0.829. The molecule has 0 radical (unpaired) electrons. The Morgan fingerprint density at radius 2 is 2.11 bits per heavy atom. The third kappa shape index (κ3) is 3.00. The van der Waals surface area contributed by atoms with Gasteiger partial charge in [-0.25, -0.2) is 0 Å². The van der Waals surface area contributed by atoms with Gasteiger partial charge < -0.3 is 15.2 Å². The van der Waals surface area contributed by atoms with E-state index in [2.05, 4.69) is 5.32 Å². The van der Waals surface area contributed by atoms with Gasteiger partial charge in [0.25, 0.3) is 0 Å². The fraction of sp³-hybridized carbons (Fsp3) is 0.385. The SMILES string of the molecule is O=C(O)CCCC(=O)NC1COc2ccccc21. The van der Waals surface area contributed by atoms with Gasteiger partial charge in [0.05, 0.1) is 6.04 Å². The Bertz CT molecular complexity index is 458. The summed E-state index contributed by atoms with van der Waals surface area (Å²) >= 11 is 0. The third-order valence-electron chi connectivity index (χ3n) is 2.83. The van der Waals surface area contributed by atoms with Gasteiger partial charge in [-0.1, -0.05) is 18.2 Å². The molecule has 1 unspecified atom stereocenters. The molecular weight excluding hydrogens is 234 g/mol. The maximum Gasteiger partial charge on any atom is 0.303 e. The molecule has 5 heteroatoms. The zero-order chi connectivity index (χ0) is 13.0. The number of carbonyl (C=O) groups excluding carboxylic acids is 1. The van der Waals surface area contributed by atoms with E-state index in [-0.39, 0.29) is 24.8 Å². The number of para-hydroxylation sites is 1. The predicted molar refractivity (Wildman–Crippen MR) is 64.3 cm³/mol. The number of carbonyl (C=O) groups is 2. The average molecular weight is 249 g/mol. The second-order valence-electron chi connectivity index (χ2n) is 4.22. The van der Waals surface area contributed by atoms with Crippen LogP contribution in [0.15, 0.2) is 24.3 Å². The fourth-order valence-electron chi connectivity index (χ4n) is 1.95. The number of benzene rings is 1. The average Bonchev–Trinajstić information content (AvgIpc) is 2.72. The summed E-state index contributed by atoms with van der Waals surface area (Å²) in [6.45, 7) is 0.435. The number of amides is 1. The Hall–Kier alpha value is -2.04. The van der Waals surface area contributed by atoms with Crippen LogP contribution in [-0.2, 0) is 9.59 Å². The van der Waals surface area contributed by atoms with Crippen LogP contribution in [0.5, 0.6) is 5.75 Å². The minimum atomic E-state index is -0.877. The Morgan fingerprint density at radius 3 is 2.89 bits per heavy atom. The van der Waals surface area contributed by atoms with E-state index in [9.17, 15) is 9.59 Å². The van der Waals surface area contributed by atoms with Crippen LogP contribution in [0.25, 0.3) is 0 Å². The van der Waals surface area contributed by atoms with Crippen molar-refractivity contribution in [2.24, 2.45) is 0 Å². The first-order valence-electron chi connectivity index (χ1n) is 5.89. The van der Waals surface area contributed by atoms with Gasteiger partial charge in [0, 0.05) is 18.4 Å². The second-order valence-corrected chi connectivity index (χ2v) is 4.22. The van der Waals surface area contributed by atoms with Gasteiger partial charge in [-0.3, -0.25) is 9.59 Å². The summed E-state index contributed by atoms with van der Waals surface area (Å²) < 4.78 is 5.45. The summed E-state index contributed by atoms with van der Waals surface area (Å²) in [6.07, 6.45) is 0.604. The number of nitrogens with one attached hydrogen (secondary N) is 1. The highest BCUT2D eigenvalue weighted by Crippen LogP contribution is 2.31. The van der Waals surface area contributed by atoms with E-state index in [1.807, 2.05) is 24.3 Å². The number of hydrogen-bond acceptors (Lipinski definition) is 3. The maximum atomic E-state index is 11.6. The van der Waals surface area contributed by atoms with Gasteiger partial charge in [-0.2, -0.15) is 0 Å². The molecule has 1 heterocycles. The number of rotatable bonds is 5. The largest absolute Gasteiger partial charge is 0.491 e. The smallest absolute Gasteiger partial charge is 0.303 e. The highest BCUT2D eigenvalue weighted by molar-refractivity contribution is 5.77. The number of carboxylic acid groups (broad SMARTS) is 1. The maximum absolute atomic E-state index is 11.6. The molecule has 0 saturated heterocycles. The van der Waals surface area contributed by atoms with Crippen LogP contribution < -0.4 is 10.1 Å². The Balaban J connectivity index is 1.84. The first-order valence-corrected chi connectivity index (χ1v) is 5.89. The van der Waals surface area contributed by atoms with Gasteiger partial charge in [0.1, 0.15) is 12.4 Å². The van der Waals surface area contributed by atoms with Crippen LogP contribution in [0.4, 0.5) is 0 Å². The zero-order valence-corrected chi connectivity index (χ0v) is 9.89. The number of fused-ring (bicyclic) bond motifs is 1. The van der Waals surface area contributed by atoms with Crippen molar-refractivity contribution in [3.8, 4) is 5.75 Å². The number of aliphatic carboxylic acids is 1. The summed E-state index contributed by atoms with van der Waals surface area (Å²) in [5.74, 6) is -0.216. The molecule has 5 nitrogen and oxygen atoms in total. The lowest BCUT2D eigenvalue weighted by Gasteiger charge is -2.11. The summed E-state index contributed by atoms with van der Waals surface area (Å²) in [4.78, 5) is 22.0. The molecule has 1 amide bonds. The van der Waals surface area contributed by atoms with Crippen molar-refractivity contribution in [3.05, 3.63) is 29.8 Å². The molecule has 0 bridgehead atoms. The molecule has 1 aromatic carbocycles. The van der Waals surface area contributed by atoms with Crippen LogP contribution in [0.2, 0.25) is 0 Å². The minimum absolute atomic E-state index is 0.0190. The topological polar surface area (TPSA) is 75.6 Å². The van der Waals surface area contributed by atoms with E-state index >= 15 is 0 Å². The van der Waals surface area contributed by atoms with Crippen molar-refractivity contribution >= 4 is 11.9 Å². The lowest BCUT2D eigenvalue weighted by molar-refractivity contribution is -0.137. The minimum Gasteiger partial charge on any atom is -0.491 e. The van der Waals surface area contributed by atoms with Crippen LogP contribution in [0.3, 0.4) is 0 Å². The van der Waals surface area contributed by atoms with E-state index in [1.54, 1.807) is 0 Å². The van der Waals surface area contributed by atoms with Crippen molar-refractivity contribution in [3.63, 3.8) is 0 Å². The lowest BCUT2D eigenvalue weighted by atomic mass is 10.1.